The van der Waals surface area contributed by atoms with Gasteiger partial charge in [-0.15, -0.1) is 0 Å². The van der Waals surface area contributed by atoms with E-state index in [1.165, 1.54) is 26.2 Å². The quantitative estimate of drug-likeness (QED) is 0.778. The van der Waals surface area contributed by atoms with E-state index in [1.807, 2.05) is 24.3 Å². The Bertz CT molecular complexity index is 997. The molecular weight excluding hydrogens is 388 g/mol. The van der Waals surface area contributed by atoms with Crippen LogP contribution in [0.4, 0.5) is 0 Å². The van der Waals surface area contributed by atoms with Gasteiger partial charge in [0.1, 0.15) is 11.4 Å². The van der Waals surface area contributed by atoms with Crippen LogP contribution in [0.5, 0.6) is 5.75 Å². The molecule has 1 N–H and O–H groups in total. The van der Waals surface area contributed by atoms with Gasteiger partial charge in [-0.25, -0.2) is 12.7 Å². The Balaban J connectivity index is 1.91. The number of amides is 1. The van der Waals surface area contributed by atoms with Crippen molar-refractivity contribution < 1.29 is 17.9 Å². The van der Waals surface area contributed by atoms with Gasteiger partial charge in [-0.2, -0.15) is 0 Å². The van der Waals surface area contributed by atoms with E-state index in [4.69, 9.17) is 4.74 Å². The summed E-state index contributed by atoms with van der Waals surface area (Å²) in [6.07, 6.45) is 2.33. The lowest BCUT2D eigenvalue weighted by atomic mass is 9.83. The van der Waals surface area contributed by atoms with Crippen molar-refractivity contribution in [2.24, 2.45) is 0 Å². The van der Waals surface area contributed by atoms with Crippen LogP contribution in [0.3, 0.4) is 0 Å². The maximum Gasteiger partial charge on any atom is 0.251 e. The summed E-state index contributed by atoms with van der Waals surface area (Å²) < 4.78 is 32.2. The van der Waals surface area contributed by atoms with Crippen molar-refractivity contribution in [2.45, 2.75) is 49.6 Å². The van der Waals surface area contributed by atoms with Crippen LogP contribution < -0.4 is 10.1 Å². The van der Waals surface area contributed by atoms with E-state index in [1.54, 1.807) is 12.1 Å². The molecule has 0 saturated carbocycles. The molecule has 0 aliphatic carbocycles. The fourth-order valence-electron chi connectivity index (χ4n) is 3.68. The molecule has 0 bridgehead atoms. The highest BCUT2D eigenvalue weighted by Crippen LogP contribution is 2.42. The van der Waals surface area contributed by atoms with Gasteiger partial charge in [0.05, 0.1) is 10.9 Å². The number of rotatable bonds is 6. The molecule has 2 aromatic rings. The van der Waals surface area contributed by atoms with Crippen molar-refractivity contribution in [3.8, 4) is 5.75 Å². The minimum Gasteiger partial charge on any atom is -0.487 e. The molecule has 6 nitrogen and oxygen atoms in total. The highest BCUT2D eigenvalue weighted by Gasteiger charge is 2.39. The van der Waals surface area contributed by atoms with E-state index in [-0.39, 0.29) is 22.4 Å². The molecule has 2 aromatic carbocycles. The number of hydrogen-bond acceptors (Lipinski definition) is 4. The lowest BCUT2D eigenvalue weighted by Gasteiger charge is -2.41. The number of carbonyl (C=O) groups excluding carboxylic acids is 1. The van der Waals surface area contributed by atoms with Crippen LogP contribution in [-0.4, -0.2) is 38.3 Å². The number of carbonyl (C=O) groups is 1. The summed E-state index contributed by atoms with van der Waals surface area (Å²) in [5, 5.41) is 3.10. The number of sulfonamides is 1. The summed E-state index contributed by atoms with van der Waals surface area (Å²) >= 11 is 0. The van der Waals surface area contributed by atoms with Crippen molar-refractivity contribution in [1.29, 1.82) is 0 Å². The zero-order chi connectivity index (χ0) is 21.2. The van der Waals surface area contributed by atoms with Crippen LogP contribution in [0.15, 0.2) is 53.4 Å². The minimum atomic E-state index is -3.61. The van der Waals surface area contributed by atoms with E-state index in [2.05, 4.69) is 19.2 Å². The van der Waals surface area contributed by atoms with Gasteiger partial charge in [-0.3, -0.25) is 4.79 Å². The second-order valence-corrected chi connectivity index (χ2v) is 9.73. The zero-order valence-electron chi connectivity index (χ0n) is 17.3. The molecule has 1 heterocycles. The molecule has 0 fully saturated rings. The monoisotopic (exact) mass is 416 g/mol. The molecule has 156 valence electrons. The van der Waals surface area contributed by atoms with E-state index < -0.39 is 10.0 Å². The Hall–Kier alpha value is -2.38. The fraction of sp³-hybridized carbons (Fsp3) is 0.409. The average Bonchev–Trinajstić information content (AvgIpc) is 2.73. The largest absolute Gasteiger partial charge is 0.487 e. The van der Waals surface area contributed by atoms with E-state index in [0.717, 1.165) is 28.5 Å². The third-order valence-electron chi connectivity index (χ3n) is 5.67. The van der Waals surface area contributed by atoms with Crippen molar-refractivity contribution in [3.63, 3.8) is 0 Å². The van der Waals surface area contributed by atoms with Crippen molar-refractivity contribution in [3.05, 3.63) is 59.7 Å². The number of fused-ring (bicyclic) bond motifs is 1. The first-order chi connectivity index (χ1) is 13.7. The van der Waals surface area contributed by atoms with Crippen LogP contribution in [0.25, 0.3) is 0 Å². The summed E-state index contributed by atoms with van der Waals surface area (Å²) in [4.78, 5) is 13.1. The Morgan fingerprint density at radius 3 is 2.48 bits per heavy atom. The third kappa shape index (κ3) is 4.16. The smallest absolute Gasteiger partial charge is 0.251 e. The van der Waals surface area contributed by atoms with Crippen LogP contribution in [0.2, 0.25) is 0 Å². The normalized spacial score (nSPS) is 18.0. The first kappa shape index (κ1) is 21.3. The second kappa shape index (κ2) is 8.16. The molecule has 0 unspecified atom stereocenters. The molecule has 7 heteroatoms. The predicted molar refractivity (Wildman–Crippen MR) is 113 cm³/mol. The second-order valence-electron chi connectivity index (χ2n) is 7.58. The number of hydrogen-bond donors (Lipinski definition) is 1. The van der Waals surface area contributed by atoms with Gasteiger partial charge < -0.3 is 10.1 Å². The maximum atomic E-state index is 13.0. The first-order valence-electron chi connectivity index (χ1n) is 9.84. The summed E-state index contributed by atoms with van der Waals surface area (Å²) in [7, 11) is -0.671. The number of benzene rings is 2. The van der Waals surface area contributed by atoms with Crippen LogP contribution in [0.1, 0.15) is 55.1 Å². The Labute approximate surface area is 172 Å². The van der Waals surface area contributed by atoms with Gasteiger partial charge in [0.2, 0.25) is 10.0 Å². The van der Waals surface area contributed by atoms with Crippen LogP contribution in [-0.2, 0) is 10.0 Å². The van der Waals surface area contributed by atoms with Gasteiger partial charge in [0, 0.05) is 31.6 Å². The van der Waals surface area contributed by atoms with Crippen molar-refractivity contribution in [1.82, 2.24) is 9.62 Å². The maximum absolute atomic E-state index is 13.0. The summed E-state index contributed by atoms with van der Waals surface area (Å²) in [6.45, 7) is 4.18. The summed E-state index contributed by atoms with van der Waals surface area (Å²) in [5.41, 5.74) is 0.925. The molecule has 1 aliphatic rings. The number of nitrogens with zero attached hydrogens (tertiary/aromatic N) is 1. The number of ether oxygens (including phenoxy) is 1. The van der Waals surface area contributed by atoms with Gasteiger partial charge >= 0.3 is 0 Å². The molecule has 0 aromatic heterocycles. The van der Waals surface area contributed by atoms with Crippen molar-refractivity contribution >= 4 is 15.9 Å². The molecule has 1 amide bonds. The van der Waals surface area contributed by atoms with E-state index in [0.29, 0.717) is 12.0 Å². The SMILES string of the molecule is CCC1(CC)C[C@@H](NC(=O)c2cccc(S(=O)(=O)N(C)C)c2)c2ccccc2O1. The third-order valence-corrected chi connectivity index (χ3v) is 7.48. The van der Waals surface area contributed by atoms with Gasteiger partial charge in [0.15, 0.2) is 0 Å². The van der Waals surface area contributed by atoms with E-state index in [9.17, 15) is 13.2 Å². The number of para-hydroxylation sites is 1. The lowest BCUT2D eigenvalue weighted by Crippen LogP contribution is -2.44. The lowest BCUT2D eigenvalue weighted by molar-refractivity contribution is 0.0227. The molecule has 0 saturated heterocycles. The average molecular weight is 417 g/mol. The molecule has 3 rings (SSSR count). The van der Waals surface area contributed by atoms with Crippen LogP contribution in [0, 0.1) is 0 Å². The van der Waals surface area contributed by atoms with Gasteiger partial charge in [-0.05, 0) is 37.1 Å². The fourth-order valence-corrected chi connectivity index (χ4v) is 4.63. The Morgan fingerprint density at radius 2 is 1.83 bits per heavy atom. The zero-order valence-corrected chi connectivity index (χ0v) is 18.1. The predicted octanol–water partition coefficient (Wildman–Crippen LogP) is 3.75. The highest BCUT2D eigenvalue weighted by atomic mass is 32.2. The minimum absolute atomic E-state index is 0.0963. The molecular formula is C22H28N2O4S. The summed E-state index contributed by atoms with van der Waals surface area (Å²) in [5.74, 6) is 0.486. The van der Waals surface area contributed by atoms with Crippen molar-refractivity contribution in [2.75, 3.05) is 14.1 Å². The molecule has 0 radical (unpaired) electrons. The summed E-state index contributed by atoms with van der Waals surface area (Å²) in [6, 6.07) is 13.7. The van der Waals surface area contributed by atoms with E-state index >= 15 is 0 Å². The molecule has 1 aliphatic heterocycles. The van der Waals surface area contributed by atoms with Gasteiger partial charge in [0.25, 0.3) is 5.91 Å². The highest BCUT2D eigenvalue weighted by molar-refractivity contribution is 7.89. The molecule has 29 heavy (non-hydrogen) atoms. The van der Waals surface area contributed by atoms with Gasteiger partial charge in [-0.1, -0.05) is 38.1 Å². The Kier molecular flexibility index (Phi) is 6.00. The number of nitrogens with one attached hydrogen (secondary N) is 1. The topological polar surface area (TPSA) is 75.7 Å². The first-order valence-corrected chi connectivity index (χ1v) is 11.3. The molecule has 0 spiro atoms. The standard InChI is InChI=1S/C22H28N2O4S/c1-5-22(6-2)15-19(18-12-7-8-13-20(18)28-22)23-21(25)16-10-9-11-17(14-16)29(26,27)24(3)4/h7-14,19H,5-6,15H2,1-4H3,(H,23,25)/t19-/m1/s1. The van der Waals surface area contributed by atoms with Crippen LogP contribution >= 0.6 is 0 Å². The Morgan fingerprint density at radius 1 is 1.14 bits per heavy atom. The molecule has 1 atom stereocenters.